The highest BCUT2D eigenvalue weighted by atomic mass is 32.1. The van der Waals surface area contributed by atoms with Crippen LogP contribution in [-0.4, -0.2) is 46.9 Å². The Hall–Kier alpha value is -2.57. The zero-order valence-corrected chi connectivity index (χ0v) is 16.4. The van der Waals surface area contributed by atoms with Gasteiger partial charge in [-0.05, 0) is 24.1 Å². The van der Waals surface area contributed by atoms with E-state index in [0.29, 0.717) is 12.2 Å². The standard InChI is InChI=1S/C22H22FN3OS/c23-19-9-7-17(8-10-19)15-25-11-4-12-26(14-13-25)22(27)20-16-28-21(24-20)18-5-2-1-3-6-18/h1-3,5-10,16H,4,11-15H2. The van der Waals surface area contributed by atoms with Crippen LogP contribution >= 0.6 is 11.3 Å². The lowest BCUT2D eigenvalue weighted by Crippen LogP contribution is -2.35. The number of carbonyl (C=O) groups is 1. The molecule has 1 amide bonds. The molecule has 0 saturated carbocycles. The number of aromatic nitrogens is 1. The number of benzene rings is 2. The van der Waals surface area contributed by atoms with Gasteiger partial charge in [0.25, 0.3) is 5.91 Å². The average molecular weight is 396 g/mol. The van der Waals surface area contributed by atoms with Gasteiger partial charge in [0, 0.05) is 43.7 Å². The molecule has 0 bridgehead atoms. The highest BCUT2D eigenvalue weighted by molar-refractivity contribution is 7.13. The molecule has 2 aromatic carbocycles. The molecule has 1 aliphatic heterocycles. The summed E-state index contributed by atoms with van der Waals surface area (Å²) in [5.74, 6) is -0.211. The van der Waals surface area contributed by atoms with E-state index in [1.54, 1.807) is 0 Å². The maximum Gasteiger partial charge on any atom is 0.273 e. The lowest BCUT2D eigenvalue weighted by Gasteiger charge is -2.21. The van der Waals surface area contributed by atoms with Crippen molar-refractivity contribution < 1.29 is 9.18 Å². The third-order valence-corrected chi connectivity index (χ3v) is 5.83. The Morgan fingerprint density at radius 3 is 2.57 bits per heavy atom. The minimum atomic E-state index is -0.213. The Bertz CT molecular complexity index is 926. The van der Waals surface area contributed by atoms with E-state index in [1.807, 2.05) is 52.7 Å². The minimum Gasteiger partial charge on any atom is -0.336 e. The summed E-state index contributed by atoms with van der Waals surface area (Å²) in [6.45, 7) is 3.92. The molecule has 1 aromatic heterocycles. The van der Waals surface area contributed by atoms with Crippen LogP contribution < -0.4 is 0 Å². The van der Waals surface area contributed by atoms with Gasteiger partial charge in [-0.2, -0.15) is 0 Å². The minimum absolute atomic E-state index is 0.00191. The molecule has 4 rings (SSSR count). The van der Waals surface area contributed by atoms with Gasteiger partial charge < -0.3 is 4.90 Å². The number of hydrogen-bond acceptors (Lipinski definition) is 4. The van der Waals surface area contributed by atoms with Crippen LogP contribution in [-0.2, 0) is 6.54 Å². The number of rotatable bonds is 4. The van der Waals surface area contributed by atoms with Crippen LogP contribution in [0.15, 0.2) is 60.0 Å². The first kappa shape index (κ1) is 18.8. The second kappa shape index (κ2) is 8.63. The molecule has 3 aromatic rings. The van der Waals surface area contributed by atoms with E-state index in [0.717, 1.165) is 48.7 Å². The van der Waals surface area contributed by atoms with Gasteiger partial charge in [-0.1, -0.05) is 42.5 Å². The first-order valence-corrected chi connectivity index (χ1v) is 10.3. The van der Waals surface area contributed by atoms with Crippen LogP contribution in [0, 0.1) is 5.82 Å². The van der Waals surface area contributed by atoms with Crippen molar-refractivity contribution in [2.45, 2.75) is 13.0 Å². The van der Waals surface area contributed by atoms with Gasteiger partial charge in [0.15, 0.2) is 0 Å². The average Bonchev–Trinajstić information content (AvgIpc) is 3.11. The molecular weight excluding hydrogens is 373 g/mol. The number of carbonyl (C=O) groups excluding carboxylic acids is 1. The highest BCUT2D eigenvalue weighted by Gasteiger charge is 2.22. The van der Waals surface area contributed by atoms with E-state index in [4.69, 9.17) is 0 Å². The monoisotopic (exact) mass is 395 g/mol. The van der Waals surface area contributed by atoms with E-state index in [2.05, 4.69) is 9.88 Å². The molecule has 0 aliphatic carbocycles. The van der Waals surface area contributed by atoms with Crippen molar-refractivity contribution in [3.63, 3.8) is 0 Å². The fraction of sp³-hybridized carbons (Fsp3) is 0.273. The molecular formula is C22H22FN3OS. The quantitative estimate of drug-likeness (QED) is 0.661. The van der Waals surface area contributed by atoms with E-state index >= 15 is 0 Å². The summed E-state index contributed by atoms with van der Waals surface area (Å²) in [6.07, 6.45) is 0.919. The summed E-state index contributed by atoms with van der Waals surface area (Å²) < 4.78 is 13.1. The lowest BCUT2D eigenvalue weighted by atomic mass is 10.2. The second-order valence-corrected chi connectivity index (χ2v) is 7.81. The highest BCUT2D eigenvalue weighted by Crippen LogP contribution is 2.24. The number of halogens is 1. The Balaban J connectivity index is 1.38. The predicted molar refractivity (Wildman–Crippen MR) is 110 cm³/mol. The summed E-state index contributed by atoms with van der Waals surface area (Å²) >= 11 is 1.50. The summed E-state index contributed by atoms with van der Waals surface area (Å²) in [6, 6.07) is 16.6. The van der Waals surface area contributed by atoms with Crippen molar-refractivity contribution in [3.05, 3.63) is 77.1 Å². The lowest BCUT2D eigenvalue weighted by molar-refractivity contribution is 0.0756. The molecule has 1 aliphatic rings. The van der Waals surface area contributed by atoms with Crippen molar-refractivity contribution in [1.29, 1.82) is 0 Å². The van der Waals surface area contributed by atoms with Crippen molar-refractivity contribution >= 4 is 17.2 Å². The third-order valence-electron chi connectivity index (χ3n) is 4.94. The fourth-order valence-electron chi connectivity index (χ4n) is 3.43. The van der Waals surface area contributed by atoms with Gasteiger partial charge in [-0.15, -0.1) is 11.3 Å². The number of thiazole rings is 1. The molecule has 0 N–H and O–H groups in total. The Morgan fingerprint density at radius 2 is 1.79 bits per heavy atom. The van der Waals surface area contributed by atoms with Gasteiger partial charge in [0.1, 0.15) is 16.5 Å². The SMILES string of the molecule is O=C(c1csc(-c2ccccc2)n1)N1CCCN(Cc2ccc(F)cc2)CC1. The molecule has 0 radical (unpaired) electrons. The zero-order valence-electron chi connectivity index (χ0n) is 15.6. The van der Waals surface area contributed by atoms with Crippen molar-refractivity contribution in [1.82, 2.24) is 14.8 Å². The predicted octanol–water partition coefficient (Wildman–Crippen LogP) is 4.30. The van der Waals surface area contributed by atoms with Crippen LogP contribution in [0.2, 0.25) is 0 Å². The van der Waals surface area contributed by atoms with Crippen LogP contribution in [0.1, 0.15) is 22.5 Å². The summed E-state index contributed by atoms with van der Waals surface area (Å²) in [5, 5.41) is 2.72. The molecule has 144 valence electrons. The number of amides is 1. The van der Waals surface area contributed by atoms with E-state index in [9.17, 15) is 9.18 Å². The Kier molecular flexibility index (Phi) is 5.78. The van der Waals surface area contributed by atoms with Crippen LogP contribution in [0.25, 0.3) is 10.6 Å². The van der Waals surface area contributed by atoms with Gasteiger partial charge in [0.05, 0.1) is 0 Å². The first-order chi connectivity index (χ1) is 13.7. The molecule has 28 heavy (non-hydrogen) atoms. The number of nitrogens with zero attached hydrogens (tertiary/aromatic N) is 3. The second-order valence-electron chi connectivity index (χ2n) is 6.95. The topological polar surface area (TPSA) is 36.4 Å². The molecule has 0 atom stereocenters. The van der Waals surface area contributed by atoms with Gasteiger partial charge >= 0.3 is 0 Å². The van der Waals surface area contributed by atoms with E-state index in [-0.39, 0.29) is 11.7 Å². The van der Waals surface area contributed by atoms with Crippen LogP contribution in [0.3, 0.4) is 0 Å². The molecule has 4 nitrogen and oxygen atoms in total. The largest absolute Gasteiger partial charge is 0.336 e. The third kappa shape index (κ3) is 4.46. The molecule has 2 heterocycles. The van der Waals surface area contributed by atoms with Gasteiger partial charge in [-0.25, -0.2) is 9.37 Å². The molecule has 1 saturated heterocycles. The zero-order chi connectivity index (χ0) is 19.3. The molecule has 6 heteroatoms. The first-order valence-electron chi connectivity index (χ1n) is 9.46. The smallest absolute Gasteiger partial charge is 0.273 e. The maximum absolute atomic E-state index is 13.1. The normalized spacial score (nSPS) is 15.4. The molecule has 1 fully saturated rings. The van der Waals surface area contributed by atoms with Crippen molar-refractivity contribution in [2.75, 3.05) is 26.2 Å². The Labute approximate surface area is 168 Å². The Morgan fingerprint density at radius 1 is 1.00 bits per heavy atom. The summed E-state index contributed by atoms with van der Waals surface area (Å²) in [5.41, 5.74) is 2.65. The fourth-order valence-corrected chi connectivity index (χ4v) is 4.23. The summed E-state index contributed by atoms with van der Waals surface area (Å²) in [4.78, 5) is 21.7. The number of hydrogen-bond donors (Lipinski definition) is 0. The maximum atomic E-state index is 13.1. The van der Waals surface area contributed by atoms with E-state index in [1.165, 1.54) is 23.5 Å². The summed E-state index contributed by atoms with van der Waals surface area (Å²) in [7, 11) is 0. The van der Waals surface area contributed by atoms with Crippen molar-refractivity contribution in [3.8, 4) is 10.6 Å². The van der Waals surface area contributed by atoms with Gasteiger partial charge in [0.2, 0.25) is 0 Å². The molecule has 0 unspecified atom stereocenters. The van der Waals surface area contributed by atoms with Crippen LogP contribution in [0.4, 0.5) is 4.39 Å². The van der Waals surface area contributed by atoms with Crippen LogP contribution in [0.5, 0.6) is 0 Å². The molecule has 0 spiro atoms. The van der Waals surface area contributed by atoms with Crippen molar-refractivity contribution in [2.24, 2.45) is 0 Å². The van der Waals surface area contributed by atoms with E-state index < -0.39 is 0 Å². The van der Waals surface area contributed by atoms with Gasteiger partial charge in [-0.3, -0.25) is 9.69 Å².